The third-order valence-electron chi connectivity index (χ3n) is 2.70. The van der Waals surface area contributed by atoms with Gasteiger partial charge >= 0.3 is 5.97 Å². The Morgan fingerprint density at radius 1 is 1.39 bits per heavy atom. The Kier molecular flexibility index (Phi) is 3.30. The van der Waals surface area contributed by atoms with Crippen LogP contribution in [0.2, 0.25) is 5.02 Å². The van der Waals surface area contributed by atoms with E-state index in [2.05, 4.69) is 4.98 Å². The molecule has 0 aliphatic rings. The number of halogens is 1. The van der Waals surface area contributed by atoms with Crippen LogP contribution in [0.3, 0.4) is 0 Å². The average Bonchev–Trinajstić information content (AvgIpc) is 2.71. The molecule has 18 heavy (non-hydrogen) atoms. The van der Waals surface area contributed by atoms with E-state index in [-0.39, 0.29) is 5.56 Å². The van der Waals surface area contributed by atoms with Crippen molar-refractivity contribution in [3.05, 3.63) is 40.5 Å². The first-order chi connectivity index (χ1) is 8.52. The third kappa shape index (κ3) is 2.19. The number of aromatic carboxylic acids is 1. The number of aromatic nitrogens is 1. The first-order valence-corrected chi connectivity index (χ1v) is 5.67. The summed E-state index contributed by atoms with van der Waals surface area (Å²) >= 11 is 5.95. The van der Waals surface area contributed by atoms with E-state index in [9.17, 15) is 4.79 Å². The van der Waals surface area contributed by atoms with Gasteiger partial charge in [-0.3, -0.25) is 0 Å². The van der Waals surface area contributed by atoms with E-state index in [1.54, 1.807) is 38.3 Å². The number of ether oxygens (including phenoxy) is 1. The summed E-state index contributed by atoms with van der Waals surface area (Å²) < 4.78 is 5.24. The molecule has 0 unspecified atom stereocenters. The van der Waals surface area contributed by atoms with Crippen LogP contribution in [0.5, 0.6) is 5.75 Å². The minimum Gasteiger partial charge on any atom is -0.496 e. The standard InChI is InChI=1S/C13H12ClNO3/c1-7-9(13(16)17)6-11(15-7)10-5-8(14)3-4-12(10)18-2/h3-6,15H,1-2H3,(H,16,17). The highest BCUT2D eigenvalue weighted by atomic mass is 35.5. The molecule has 94 valence electrons. The van der Waals surface area contributed by atoms with Gasteiger partial charge in [-0.25, -0.2) is 4.79 Å². The van der Waals surface area contributed by atoms with Gasteiger partial charge in [-0.15, -0.1) is 0 Å². The molecule has 0 amide bonds. The number of H-pyrrole nitrogens is 1. The smallest absolute Gasteiger partial charge is 0.337 e. The van der Waals surface area contributed by atoms with E-state index in [0.29, 0.717) is 22.2 Å². The highest BCUT2D eigenvalue weighted by Crippen LogP contribution is 2.32. The number of methoxy groups -OCH3 is 1. The lowest BCUT2D eigenvalue weighted by Gasteiger charge is -2.07. The fourth-order valence-corrected chi connectivity index (χ4v) is 1.99. The largest absolute Gasteiger partial charge is 0.496 e. The Hall–Kier alpha value is -1.94. The normalized spacial score (nSPS) is 10.4. The summed E-state index contributed by atoms with van der Waals surface area (Å²) in [5.74, 6) is -0.325. The summed E-state index contributed by atoms with van der Waals surface area (Å²) in [6, 6.07) is 6.77. The highest BCUT2D eigenvalue weighted by Gasteiger charge is 2.15. The second-order valence-corrected chi connectivity index (χ2v) is 4.31. The number of hydrogen-bond acceptors (Lipinski definition) is 2. The molecule has 0 saturated carbocycles. The van der Waals surface area contributed by atoms with Crippen molar-refractivity contribution < 1.29 is 14.6 Å². The zero-order valence-electron chi connectivity index (χ0n) is 9.95. The summed E-state index contributed by atoms with van der Waals surface area (Å²) in [7, 11) is 1.56. The van der Waals surface area contributed by atoms with Crippen molar-refractivity contribution in [2.24, 2.45) is 0 Å². The monoisotopic (exact) mass is 265 g/mol. The molecular weight excluding hydrogens is 254 g/mol. The summed E-state index contributed by atoms with van der Waals surface area (Å²) in [5.41, 5.74) is 2.25. The van der Waals surface area contributed by atoms with E-state index in [1.165, 1.54) is 0 Å². The molecule has 0 fully saturated rings. The number of carbonyl (C=O) groups is 1. The molecule has 0 radical (unpaired) electrons. The van der Waals surface area contributed by atoms with Crippen molar-refractivity contribution in [1.29, 1.82) is 0 Å². The lowest BCUT2D eigenvalue weighted by Crippen LogP contribution is -1.95. The SMILES string of the molecule is COc1ccc(Cl)cc1-c1cc(C(=O)O)c(C)[nH]1. The lowest BCUT2D eigenvalue weighted by molar-refractivity contribution is 0.0696. The zero-order chi connectivity index (χ0) is 13.3. The molecular formula is C13H12ClNO3. The Morgan fingerprint density at radius 3 is 2.67 bits per heavy atom. The van der Waals surface area contributed by atoms with Gasteiger partial charge in [-0.2, -0.15) is 0 Å². The quantitative estimate of drug-likeness (QED) is 0.895. The molecule has 2 aromatic rings. The molecule has 4 nitrogen and oxygen atoms in total. The predicted molar refractivity (Wildman–Crippen MR) is 69.5 cm³/mol. The van der Waals surface area contributed by atoms with Gasteiger partial charge in [0.05, 0.1) is 18.4 Å². The van der Waals surface area contributed by atoms with Gasteiger partial charge in [0.25, 0.3) is 0 Å². The molecule has 0 spiro atoms. The molecule has 1 aromatic heterocycles. The van der Waals surface area contributed by atoms with E-state index in [1.807, 2.05) is 0 Å². The minimum atomic E-state index is -0.962. The molecule has 0 saturated heterocycles. The van der Waals surface area contributed by atoms with Gasteiger partial charge in [-0.1, -0.05) is 11.6 Å². The first-order valence-electron chi connectivity index (χ1n) is 5.29. The van der Waals surface area contributed by atoms with Crippen LogP contribution in [0.25, 0.3) is 11.3 Å². The Labute approximate surface area is 109 Å². The maximum atomic E-state index is 11.0. The van der Waals surface area contributed by atoms with E-state index in [4.69, 9.17) is 21.4 Å². The van der Waals surface area contributed by atoms with E-state index >= 15 is 0 Å². The summed E-state index contributed by atoms with van der Waals surface area (Å²) in [6.45, 7) is 1.71. The van der Waals surface area contributed by atoms with Crippen LogP contribution < -0.4 is 4.74 Å². The van der Waals surface area contributed by atoms with Gasteiger partial charge in [0.2, 0.25) is 0 Å². The molecule has 1 aromatic carbocycles. The maximum Gasteiger partial charge on any atom is 0.337 e. The van der Waals surface area contributed by atoms with E-state index in [0.717, 1.165) is 5.56 Å². The van der Waals surface area contributed by atoms with Crippen LogP contribution in [0.1, 0.15) is 16.1 Å². The van der Waals surface area contributed by atoms with Crippen molar-refractivity contribution in [2.75, 3.05) is 7.11 Å². The van der Waals surface area contributed by atoms with E-state index < -0.39 is 5.97 Å². The molecule has 5 heteroatoms. The second kappa shape index (κ2) is 4.74. The second-order valence-electron chi connectivity index (χ2n) is 3.87. The number of aromatic amines is 1. The summed E-state index contributed by atoms with van der Waals surface area (Å²) in [4.78, 5) is 14.0. The fourth-order valence-electron chi connectivity index (χ4n) is 1.82. The zero-order valence-corrected chi connectivity index (χ0v) is 10.7. The van der Waals surface area contributed by atoms with Crippen molar-refractivity contribution >= 4 is 17.6 Å². The summed E-state index contributed by atoms with van der Waals surface area (Å²) in [6.07, 6.45) is 0. The van der Waals surface area contributed by atoms with Crippen LogP contribution >= 0.6 is 11.6 Å². The number of nitrogens with one attached hydrogen (secondary N) is 1. The van der Waals surface area contributed by atoms with Crippen LogP contribution in [-0.4, -0.2) is 23.2 Å². The highest BCUT2D eigenvalue weighted by molar-refractivity contribution is 6.31. The average molecular weight is 266 g/mol. The lowest BCUT2D eigenvalue weighted by atomic mass is 10.1. The molecule has 0 atom stereocenters. The van der Waals surface area contributed by atoms with Crippen LogP contribution in [0.15, 0.2) is 24.3 Å². The maximum absolute atomic E-state index is 11.0. The first kappa shape index (κ1) is 12.5. The number of aryl methyl sites for hydroxylation is 1. The van der Waals surface area contributed by atoms with Crippen molar-refractivity contribution in [1.82, 2.24) is 4.98 Å². The topological polar surface area (TPSA) is 62.3 Å². The molecule has 0 bridgehead atoms. The Balaban J connectivity index is 2.58. The number of hydrogen-bond donors (Lipinski definition) is 2. The molecule has 2 rings (SSSR count). The van der Waals surface area contributed by atoms with Gasteiger partial charge in [0.15, 0.2) is 0 Å². The Morgan fingerprint density at radius 2 is 2.11 bits per heavy atom. The molecule has 1 heterocycles. The van der Waals surface area contributed by atoms with Crippen molar-refractivity contribution in [3.63, 3.8) is 0 Å². The molecule has 2 N–H and O–H groups in total. The van der Waals surface area contributed by atoms with Crippen LogP contribution in [0, 0.1) is 6.92 Å². The van der Waals surface area contributed by atoms with Crippen molar-refractivity contribution in [2.45, 2.75) is 6.92 Å². The summed E-state index contributed by atoms with van der Waals surface area (Å²) in [5, 5.41) is 9.59. The molecule has 0 aliphatic heterocycles. The van der Waals surface area contributed by atoms with Gasteiger partial charge in [0.1, 0.15) is 5.75 Å². The third-order valence-corrected chi connectivity index (χ3v) is 2.93. The van der Waals surface area contributed by atoms with Crippen molar-refractivity contribution in [3.8, 4) is 17.0 Å². The van der Waals surface area contributed by atoms with Gasteiger partial charge in [0, 0.05) is 16.3 Å². The number of benzene rings is 1. The Bertz CT molecular complexity index is 604. The fraction of sp³-hybridized carbons (Fsp3) is 0.154. The number of carboxylic acid groups (broad SMARTS) is 1. The number of carboxylic acids is 1. The van der Waals surface area contributed by atoms with Gasteiger partial charge < -0.3 is 14.8 Å². The molecule has 0 aliphatic carbocycles. The van der Waals surface area contributed by atoms with Crippen LogP contribution in [-0.2, 0) is 0 Å². The van der Waals surface area contributed by atoms with Crippen LogP contribution in [0.4, 0.5) is 0 Å². The minimum absolute atomic E-state index is 0.243. The number of rotatable bonds is 3. The predicted octanol–water partition coefficient (Wildman–Crippen LogP) is 3.35. The van der Waals surface area contributed by atoms with Gasteiger partial charge in [-0.05, 0) is 31.2 Å².